The minimum Gasteiger partial charge on any atom is -0.481 e. The quantitative estimate of drug-likeness (QED) is 0.798. The monoisotopic (exact) mass is 239 g/mol. The van der Waals surface area contributed by atoms with Crippen molar-refractivity contribution in [2.24, 2.45) is 17.8 Å². The Balaban J connectivity index is 1.94. The van der Waals surface area contributed by atoms with Gasteiger partial charge in [-0.05, 0) is 18.8 Å². The number of likely N-dealkylation sites (tertiary alicyclic amines) is 1. The standard InChI is InChI=1S/C13H21NO3/c1-9-7-14(8-11(9)13(16)17)12(15)10-5-3-2-4-6-10/h9-11H,2-8H2,1H3,(H,16,17). The third-order valence-corrected chi connectivity index (χ3v) is 4.20. The molecule has 1 aliphatic heterocycles. The highest BCUT2D eigenvalue weighted by Crippen LogP contribution is 2.29. The number of carbonyl (C=O) groups excluding carboxylic acids is 1. The lowest BCUT2D eigenvalue weighted by atomic mass is 9.88. The normalized spacial score (nSPS) is 30.5. The van der Waals surface area contributed by atoms with Gasteiger partial charge in [0.1, 0.15) is 0 Å². The fourth-order valence-electron chi connectivity index (χ4n) is 3.08. The second-order valence-electron chi connectivity index (χ2n) is 5.50. The average Bonchev–Trinajstić information content (AvgIpc) is 2.71. The highest BCUT2D eigenvalue weighted by atomic mass is 16.4. The Bertz CT molecular complexity index is 310. The topological polar surface area (TPSA) is 57.6 Å². The van der Waals surface area contributed by atoms with Crippen LogP contribution in [0.4, 0.5) is 0 Å². The van der Waals surface area contributed by atoms with Gasteiger partial charge in [-0.2, -0.15) is 0 Å². The van der Waals surface area contributed by atoms with Crippen LogP contribution in [0.3, 0.4) is 0 Å². The third kappa shape index (κ3) is 2.61. The third-order valence-electron chi connectivity index (χ3n) is 4.20. The number of rotatable bonds is 2. The fourth-order valence-corrected chi connectivity index (χ4v) is 3.08. The lowest BCUT2D eigenvalue weighted by Gasteiger charge is -2.26. The second-order valence-corrected chi connectivity index (χ2v) is 5.50. The lowest BCUT2D eigenvalue weighted by molar-refractivity contribution is -0.142. The van der Waals surface area contributed by atoms with Gasteiger partial charge in [-0.1, -0.05) is 26.2 Å². The molecule has 1 aliphatic carbocycles. The number of amides is 1. The zero-order valence-corrected chi connectivity index (χ0v) is 10.4. The Hall–Kier alpha value is -1.06. The van der Waals surface area contributed by atoms with E-state index in [0.29, 0.717) is 13.1 Å². The summed E-state index contributed by atoms with van der Waals surface area (Å²) < 4.78 is 0. The van der Waals surface area contributed by atoms with Crippen LogP contribution >= 0.6 is 0 Å². The first-order chi connectivity index (χ1) is 8.09. The largest absolute Gasteiger partial charge is 0.481 e. The van der Waals surface area contributed by atoms with E-state index in [-0.39, 0.29) is 23.7 Å². The van der Waals surface area contributed by atoms with E-state index in [4.69, 9.17) is 5.11 Å². The lowest BCUT2D eigenvalue weighted by Crippen LogP contribution is -2.36. The molecule has 0 aromatic heterocycles. The number of carbonyl (C=O) groups is 2. The van der Waals surface area contributed by atoms with E-state index in [2.05, 4.69) is 0 Å². The molecule has 4 nitrogen and oxygen atoms in total. The summed E-state index contributed by atoms with van der Waals surface area (Å²) in [5.74, 6) is -0.706. The molecule has 0 bridgehead atoms. The Morgan fingerprint density at radius 2 is 1.76 bits per heavy atom. The van der Waals surface area contributed by atoms with Crippen molar-refractivity contribution < 1.29 is 14.7 Å². The van der Waals surface area contributed by atoms with Gasteiger partial charge in [-0.25, -0.2) is 0 Å². The van der Waals surface area contributed by atoms with Crippen molar-refractivity contribution in [3.8, 4) is 0 Å². The van der Waals surface area contributed by atoms with Crippen LogP contribution in [0.5, 0.6) is 0 Å². The Morgan fingerprint density at radius 3 is 2.29 bits per heavy atom. The van der Waals surface area contributed by atoms with Crippen LogP contribution < -0.4 is 0 Å². The van der Waals surface area contributed by atoms with Crippen LogP contribution in [-0.2, 0) is 9.59 Å². The van der Waals surface area contributed by atoms with E-state index < -0.39 is 5.97 Å². The number of carboxylic acid groups (broad SMARTS) is 1. The molecule has 1 saturated carbocycles. The predicted octanol–water partition coefficient (Wildman–Crippen LogP) is 1.75. The van der Waals surface area contributed by atoms with E-state index in [1.165, 1.54) is 6.42 Å². The molecule has 96 valence electrons. The molecule has 2 atom stereocenters. The molecule has 1 heterocycles. The van der Waals surface area contributed by atoms with Gasteiger partial charge < -0.3 is 10.0 Å². The molecule has 4 heteroatoms. The minimum absolute atomic E-state index is 0.0834. The molecule has 0 aromatic rings. The molecule has 1 amide bonds. The van der Waals surface area contributed by atoms with Gasteiger partial charge in [0.25, 0.3) is 0 Å². The molecule has 17 heavy (non-hydrogen) atoms. The van der Waals surface area contributed by atoms with Gasteiger partial charge in [-0.3, -0.25) is 9.59 Å². The fraction of sp³-hybridized carbons (Fsp3) is 0.846. The summed E-state index contributed by atoms with van der Waals surface area (Å²) in [6.07, 6.45) is 5.49. The average molecular weight is 239 g/mol. The van der Waals surface area contributed by atoms with Crippen LogP contribution in [0.2, 0.25) is 0 Å². The van der Waals surface area contributed by atoms with Gasteiger partial charge in [0.15, 0.2) is 0 Å². The van der Waals surface area contributed by atoms with E-state index in [1.54, 1.807) is 4.90 Å². The summed E-state index contributed by atoms with van der Waals surface area (Å²) in [5.41, 5.74) is 0. The summed E-state index contributed by atoms with van der Waals surface area (Å²) in [6.45, 7) is 2.95. The zero-order valence-electron chi connectivity index (χ0n) is 10.4. The molecule has 0 aromatic carbocycles. The van der Waals surface area contributed by atoms with Gasteiger partial charge in [0.2, 0.25) is 5.91 Å². The van der Waals surface area contributed by atoms with E-state index in [0.717, 1.165) is 25.7 Å². The number of aliphatic carboxylic acids is 1. The van der Waals surface area contributed by atoms with Crippen molar-refractivity contribution in [3.63, 3.8) is 0 Å². The van der Waals surface area contributed by atoms with Gasteiger partial charge in [0.05, 0.1) is 5.92 Å². The highest BCUT2D eigenvalue weighted by Gasteiger charge is 2.38. The molecule has 1 N–H and O–H groups in total. The number of nitrogens with zero attached hydrogens (tertiary/aromatic N) is 1. The van der Waals surface area contributed by atoms with Crippen LogP contribution in [0.25, 0.3) is 0 Å². The first-order valence-electron chi connectivity index (χ1n) is 6.61. The predicted molar refractivity (Wildman–Crippen MR) is 63.4 cm³/mol. The second kappa shape index (κ2) is 5.07. The van der Waals surface area contributed by atoms with E-state index in [9.17, 15) is 9.59 Å². The summed E-state index contributed by atoms with van der Waals surface area (Å²) in [5, 5.41) is 9.06. The molecule has 2 rings (SSSR count). The molecule has 1 saturated heterocycles. The maximum absolute atomic E-state index is 12.2. The highest BCUT2D eigenvalue weighted by molar-refractivity contribution is 5.81. The molecule has 2 fully saturated rings. The minimum atomic E-state index is -0.767. The van der Waals surface area contributed by atoms with E-state index >= 15 is 0 Å². The summed E-state index contributed by atoms with van der Waals surface area (Å²) in [7, 11) is 0. The van der Waals surface area contributed by atoms with Crippen LogP contribution in [0.15, 0.2) is 0 Å². The first-order valence-corrected chi connectivity index (χ1v) is 6.61. The maximum Gasteiger partial charge on any atom is 0.308 e. The van der Waals surface area contributed by atoms with Crippen molar-refractivity contribution in [2.45, 2.75) is 39.0 Å². The van der Waals surface area contributed by atoms with Crippen molar-refractivity contribution in [2.75, 3.05) is 13.1 Å². The van der Waals surface area contributed by atoms with Crippen molar-refractivity contribution >= 4 is 11.9 Å². The Labute approximate surface area is 102 Å². The van der Waals surface area contributed by atoms with Crippen LogP contribution in [0, 0.1) is 17.8 Å². The number of hydrogen-bond donors (Lipinski definition) is 1. The molecule has 2 unspecified atom stereocenters. The van der Waals surface area contributed by atoms with Crippen molar-refractivity contribution in [1.29, 1.82) is 0 Å². The first kappa shape index (κ1) is 12.4. The molecule has 0 radical (unpaired) electrons. The zero-order chi connectivity index (χ0) is 12.4. The number of carboxylic acids is 1. The molecule has 2 aliphatic rings. The van der Waals surface area contributed by atoms with Gasteiger partial charge in [0, 0.05) is 19.0 Å². The van der Waals surface area contributed by atoms with Gasteiger partial charge in [-0.15, -0.1) is 0 Å². The smallest absolute Gasteiger partial charge is 0.308 e. The Kier molecular flexibility index (Phi) is 3.69. The van der Waals surface area contributed by atoms with Gasteiger partial charge >= 0.3 is 5.97 Å². The SMILES string of the molecule is CC1CN(C(=O)C2CCCCC2)CC1C(=O)O. The summed E-state index contributed by atoms with van der Waals surface area (Å²) in [6, 6.07) is 0. The maximum atomic E-state index is 12.2. The van der Waals surface area contributed by atoms with Crippen LogP contribution in [-0.4, -0.2) is 35.0 Å². The summed E-state index contributed by atoms with van der Waals surface area (Å²) in [4.78, 5) is 25.0. The number of hydrogen-bond acceptors (Lipinski definition) is 2. The molecular formula is C13H21NO3. The summed E-state index contributed by atoms with van der Waals surface area (Å²) >= 11 is 0. The molecule has 0 spiro atoms. The van der Waals surface area contributed by atoms with Crippen molar-refractivity contribution in [3.05, 3.63) is 0 Å². The molecular weight excluding hydrogens is 218 g/mol. The van der Waals surface area contributed by atoms with Crippen LogP contribution in [0.1, 0.15) is 39.0 Å². The van der Waals surface area contributed by atoms with E-state index in [1.807, 2.05) is 6.92 Å². The Morgan fingerprint density at radius 1 is 1.12 bits per heavy atom. The van der Waals surface area contributed by atoms with Crippen molar-refractivity contribution in [1.82, 2.24) is 4.90 Å².